The summed E-state index contributed by atoms with van der Waals surface area (Å²) in [4.78, 5) is 32.0. The quantitative estimate of drug-likeness (QED) is 0.566. The van der Waals surface area contributed by atoms with Crippen LogP contribution in [0.5, 0.6) is 0 Å². The van der Waals surface area contributed by atoms with Crippen molar-refractivity contribution in [3.63, 3.8) is 0 Å². The summed E-state index contributed by atoms with van der Waals surface area (Å²) in [7, 11) is 1.32. The number of rotatable bonds is 8. The minimum Gasteiger partial charge on any atom is -0.481 e. The highest BCUT2D eigenvalue weighted by atomic mass is 16.5. The molecule has 0 aromatic heterocycles. The second kappa shape index (κ2) is 11.7. The summed E-state index contributed by atoms with van der Waals surface area (Å²) in [6.07, 6.45) is 0.694. The lowest BCUT2D eigenvalue weighted by Gasteiger charge is -2.17. The third-order valence-corrected chi connectivity index (χ3v) is 3.91. The minimum absolute atomic E-state index is 0.0275. The molecule has 7 nitrogen and oxygen atoms in total. The molecule has 2 rings (SSSR count). The molecule has 2 aromatic carbocycles. The molecule has 0 saturated heterocycles. The van der Waals surface area contributed by atoms with Crippen molar-refractivity contribution in [2.45, 2.75) is 45.1 Å². The number of esters is 1. The molecule has 162 valence electrons. The first-order valence-corrected chi connectivity index (χ1v) is 9.37. The van der Waals surface area contributed by atoms with Crippen LogP contribution in [0.1, 0.15) is 36.1 Å². The first kappa shape index (κ1) is 24.8. The highest BCUT2D eigenvalue weighted by Gasteiger charge is 2.13. The van der Waals surface area contributed by atoms with E-state index in [0.29, 0.717) is 12.0 Å². The number of benzene rings is 2. The van der Waals surface area contributed by atoms with E-state index < -0.39 is 17.5 Å². The lowest BCUT2D eigenvalue weighted by Crippen LogP contribution is -2.21. The molecule has 0 aliphatic carbocycles. The number of carbonyl (C=O) groups is 3. The van der Waals surface area contributed by atoms with Gasteiger partial charge in [0, 0.05) is 6.42 Å². The lowest BCUT2D eigenvalue weighted by molar-refractivity contribution is -0.140. The third-order valence-electron chi connectivity index (χ3n) is 3.91. The summed E-state index contributed by atoms with van der Waals surface area (Å²) in [6.45, 7) is 3.47. The number of carbonyl (C=O) groups excluding carboxylic acids is 1. The molecule has 7 heteroatoms. The van der Waals surface area contributed by atoms with Gasteiger partial charge in [0.15, 0.2) is 0 Å². The number of ether oxygens (including phenoxy) is 1. The number of aliphatic hydroxyl groups is 1. The SMILES string of the molecule is CC(C)(O)Cc1cccc(CC(=O)O)c1.COC(=O)Cc1cccc(CC(=O)O)c1. The maximum Gasteiger partial charge on any atom is 0.309 e. The van der Waals surface area contributed by atoms with Gasteiger partial charge in [-0.15, -0.1) is 0 Å². The molecule has 0 saturated carbocycles. The van der Waals surface area contributed by atoms with Crippen LogP contribution in [-0.2, 0) is 44.8 Å². The van der Waals surface area contributed by atoms with Gasteiger partial charge < -0.3 is 20.1 Å². The summed E-state index contributed by atoms with van der Waals surface area (Å²) in [5, 5.41) is 26.9. The van der Waals surface area contributed by atoms with E-state index in [4.69, 9.17) is 10.2 Å². The van der Waals surface area contributed by atoms with Gasteiger partial charge in [0.25, 0.3) is 0 Å². The molecule has 0 heterocycles. The Morgan fingerprint density at radius 2 is 1.20 bits per heavy atom. The maximum absolute atomic E-state index is 11.0. The van der Waals surface area contributed by atoms with Gasteiger partial charge >= 0.3 is 17.9 Å². The third kappa shape index (κ3) is 11.0. The molecule has 3 N–H and O–H groups in total. The summed E-state index contributed by atoms with van der Waals surface area (Å²) < 4.78 is 4.52. The van der Waals surface area contributed by atoms with Crippen molar-refractivity contribution in [3.05, 3.63) is 70.8 Å². The molecule has 0 atom stereocenters. The fourth-order valence-electron chi connectivity index (χ4n) is 2.79. The second-order valence-corrected chi connectivity index (χ2v) is 7.52. The zero-order chi connectivity index (χ0) is 22.7. The van der Waals surface area contributed by atoms with Crippen molar-refractivity contribution < 1.29 is 34.4 Å². The molecule has 0 aliphatic heterocycles. The summed E-state index contributed by atoms with van der Waals surface area (Å²) in [6, 6.07) is 14.2. The smallest absolute Gasteiger partial charge is 0.309 e. The molecule has 0 radical (unpaired) electrons. The molecule has 0 aliphatic rings. The molecule has 30 heavy (non-hydrogen) atoms. The van der Waals surface area contributed by atoms with Gasteiger partial charge in [0.05, 0.1) is 32.0 Å². The zero-order valence-corrected chi connectivity index (χ0v) is 17.4. The Morgan fingerprint density at radius 3 is 1.60 bits per heavy atom. The topological polar surface area (TPSA) is 121 Å². The highest BCUT2D eigenvalue weighted by molar-refractivity contribution is 5.73. The Morgan fingerprint density at radius 1 is 0.800 bits per heavy atom. The maximum atomic E-state index is 11.0. The summed E-state index contributed by atoms with van der Waals surface area (Å²) >= 11 is 0. The van der Waals surface area contributed by atoms with E-state index in [9.17, 15) is 19.5 Å². The molecule has 2 aromatic rings. The van der Waals surface area contributed by atoms with Crippen LogP contribution < -0.4 is 0 Å². The Kier molecular flexibility index (Phi) is 9.71. The van der Waals surface area contributed by atoms with Gasteiger partial charge in [-0.05, 0) is 36.1 Å². The average molecular weight is 416 g/mol. The van der Waals surface area contributed by atoms with E-state index in [0.717, 1.165) is 16.7 Å². The fourth-order valence-corrected chi connectivity index (χ4v) is 2.79. The molecule has 0 spiro atoms. The van der Waals surface area contributed by atoms with Crippen LogP contribution in [0.25, 0.3) is 0 Å². The molecular weight excluding hydrogens is 388 g/mol. The van der Waals surface area contributed by atoms with Crippen LogP contribution in [0.2, 0.25) is 0 Å². The van der Waals surface area contributed by atoms with E-state index in [1.165, 1.54) is 7.11 Å². The predicted molar refractivity (Wildman–Crippen MR) is 111 cm³/mol. The van der Waals surface area contributed by atoms with Gasteiger partial charge in [-0.3, -0.25) is 14.4 Å². The number of aliphatic carboxylic acids is 2. The largest absolute Gasteiger partial charge is 0.481 e. The molecular formula is C23H28O7. The van der Waals surface area contributed by atoms with Crippen LogP contribution in [0.15, 0.2) is 48.5 Å². The van der Waals surface area contributed by atoms with Crippen LogP contribution in [-0.4, -0.2) is 45.9 Å². The first-order chi connectivity index (χ1) is 14.0. The number of carboxylic acid groups (broad SMARTS) is 2. The molecule has 0 amide bonds. The van der Waals surface area contributed by atoms with E-state index >= 15 is 0 Å². The van der Waals surface area contributed by atoms with Crippen LogP contribution in [0, 0.1) is 0 Å². The average Bonchev–Trinajstić information content (AvgIpc) is 2.60. The van der Waals surface area contributed by atoms with Gasteiger partial charge in [-0.25, -0.2) is 0 Å². The van der Waals surface area contributed by atoms with Crippen molar-refractivity contribution in [1.82, 2.24) is 0 Å². The molecule has 0 bridgehead atoms. The number of carboxylic acids is 2. The zero-order valence-electron chi connectivity index (χ0n) is 17.4. The Bertz CT molecular complexity index is 866. The fraction of sp³-hybridized carbons (Fsp3) is 0.348. The van der Waals surface area contributed by atoms with E-state index in [1.54, 1.807) is 44.2 Å². The number of hydrogen-bond acceptors (Lipinski definition) is 5. The second-order valence-electron chi connectivity index (χ2n) is 7.52. The van der Waals surface area contributed by atoms with E-state index in [2.05, 4.69) is 4.74 Å². The van der Waals surface area contributed by atoms with Gasteiger partial charge in [-0.2, -0.15) is 0 Å². The standard InChI is InChI=1S/C12H16O3.C11H12O4/c1-12(2,15)8-10-5-3-4-9(6-10)7-11(13)14;1-15-11(14)7-9-4-2-3-8(5-9)6-10(12)13/h3-6,15H,7-8H2,1-2H3,(H,13,14);2-5H,6-7H2,1H3,(H,12,13). The minimum atomic E-state index is -0.884. The Labute approximate surface area is 175 Å². The van der Waals surface area contributed by atoms with E-state index in [1.807, 2.05) is 18.2 Å². The van der Waals surface area contributed by atoms with Crippen molar-refractivity contribution in [1.29, 1.82) is 0 Å². The molecule has 0 unspecified atom stereocenters. The highest BCUT2D eigenvalue weighted by Crippen LogP contribution is 2.14. The van der Waals surface area contributed by atoms with Crippen LogP contribution in [0.4, 0.5) is 0 Å². The Balaban J connectivity index is 0.000000300. The van der Waals surface area contributed by atoms with Crippen LogP contribution in [0.3, 0.4) is 0 Å². The van der Waals surface area contributed by atoms with Gasteiger partial charge in [0.1, 0.15) is 0 Å². The summed E-state index contributed by atoms with van der Waals surface area (Å²) in [5.74, 6) is -2.05. The van der Waals surface area contributed by atoms with Crippen LogP contribution >= 0.6 is 0 Å². The first-order valence-electron chi connectivity index (χ1n) is 9.37. The van der Waals surface area contributed by atoms with Gasteiger partial charge in [0.2, 0.25) is 0 Å². The van der Waals surface area contributed by atoms with Gasteiger partial charge in [-0.1, -0.05) is 48.5 Å². The predicted octanol–water partition coefficient (Wildman–Crippen LogP) is 2.66. The van der Waals surface area contributed by atoms with Crippen molar-refractivity contribution >= 4 is 17.9 Å². The Hall–Kier alpha value is -3.19. The van der Waals surface area contributed by atoms with Crippen molar-refractivity contribution in [3.8, 4) is 0 Å². The number of methoxy groups -OCH3 is 1. The summed E-state index contributed by atoms with van der Waals surface area (Å²) in [5.41, 5.74) is 2.41. The molecule has 0 fully saturated rings. The van der Waals surface area contributed by atoms with Crippen molar-refractivity contribution in [2.75, 3.05) is 7.11 Å². The van der Waals surface area contributed by atoms with Crippen molar-refractivity contribution in [2.24, 2.45) is 0 Å². The monoisotopic (exact) mass is 416 g/mol. The normalized spacial score (nSPS) is 10.5. The van der Waals surface area contributed by atoms with E-state index in [-0.39, 0.29) is 25.2 Å². The lowest BCUT2D eigenvalue weighted by atomic mass is 9.97. The number of hydrogen-bond donors (Lipinski definition) is 3.